The largest absolute Gasteiger partial charge is 0.493 e. The molecule has 0 bridgehead atoms. The Morgan fingerprint density at radius 2 is 1.86 bits per heavy atom. The predicted octanol–water partition coefficient (Wildman–Crippen LogP) is 3.59. The number of aryl methyl sites for hydroxylation is 1. The van der Waals surface area contributed by atoms with E-state index in [0.717, 1.165) is 0 Å². The molecule has 0 aliphatic rings. The summed E-state index contributed by atoms with van der Waals surface area (Å²) in [5.41, 5.74) is 1.34. The van der Waals surface area contributed by atoms with E-state index in [9.17, 15) is 23.5 Å². The molecule has 0 aliphatic heterocycles. The minimum Gasteiger partial charge on any atom is -0.493 e. The van der Waals surface area contributed by atoms with Gasteiger partial charge in [0.2, 0.25) is 5.91 Å². The quantitative estimate of drug-likeness (QED) is 0.705. The Morgan fingerprint density at radius 3 is 2.50 bits per heavy atom. The zero-order valence-corrected chi connectivity index (χ0v) is 15.5. The maximum atomic E-state index is 12.5. The third kappa shape index (κ3) is 5.67. The van der Waals surface area contributed by atoms with Crippen molar-refractivity contribution in [2.75, 3.05) is 14.2 Å². The number of benzene rings is 2. The third-order valence-corrected chi connectivity index (χ3v) is 4.15. The Hall–Kier alpha value is -3.16. The fourth-order valence-corrected chi connectivity index (χ4v) is 2.75. The molecule has 150 valence electrons. The van der Waals surface area contributed by atoms with Crippen LogP contribution in [0.2, 0.25) is 0 Å². The average molecular weight is 393 g/mol. The summed E-state index contributed by atoms with van der Waals surface area (Å²) in [7, 11) is 2.93. The van der Waals surface area contributed by atoms with Crippen LogP contribution >= 0.6 is 0 Å². The summed E-state index contributed by atoms with van der Waals surface area (Å²) in [5, 5.41) is 9.20. The number of carboxylic acids is 1. The molecule has 0 unspecified atom stereocenters. The Labute approximate surface area is 161 Å². The number of aromatic carboxylic acids is 1. The van der Waals surface area contributed by atoms with Gasteiger partial charge in [0, 0.05) is 20.0 Å². The lowest BCUT2D eigenvalue weighted by atomic mass is 10.0. The average Bonchev–Trinajstić information content (AvgIpc) is 2.66. The number of alkyl halides is 2. The second kappa shape index (κ2) is 9.68. The molecule has 1 amide bonds. The molecule has 0 aromatic heterocycles. The maximum absolute atomic E-state index is 12.5. The van der Waals surface area contributed by atoms with Gasteiger partial charge >= 0.3 is 12.6 Å². The Kier molecular flexibility index (Phi) is 7.31. The van der Waals surface area contributed by atoms with Crippen molar-refractivity contribution in [2.45, 2.75) is 26.0 Å². The number of hydrogen-bond acceptors (Lipinski definition) is 4. The van der Waals surface area contributed by atoms with Crippen molar-refractivity contribution in [2.24, 2.45) is 0 Å². The van der Waals surface area contributed by atoms with Crippen molar-refractivity contribution in [3.8, 4) is 11.5 Å². The second-order valence-electron chi connectivity index (χ2n) is 6.08. The van der Waals surface area contributed by atoms with Crippen LogP contribution in [0.25, 0.3) is 0 Å². The van der Waals surface area contributed by atoms with Gasteiger partial charge in [0.05, 0.1) is 12.7 Å². The molecule has 0 saturated carbocycles. The minimum absolute atomic E-state index is 0.105. The third-order valence-electron chi connectivity index (χ3n) is 4.15. The van der Waals surface area contributed by atoms with Crippen LogP contribution in [-0.4, -0.2) is 42.7 Å². The first-order chi connectivity index (χ1) is 13.3. The number of ether oxygens (including phenoxy) is 2. The van der Waals surface area contributed by atoms with E-state index >= 15 is 0 Å². The fraction of sp³-hybridized carbons (Fsp3) is 0.300. The molecule has 0 radical (unpaired) electrons. The highest BCUT2D eigenvalue weighted by Crippen LogP contribution is 2.30. The summed E-state index contributed by atoms with van der Waals surface area (Å²) in [6, 6.07) is 11.1. The van der Waals surface area contributed by atoms with Crippen molar-refractivity contribution in [3.63, 3.8) is 0 Å². The number of methoxy groups -OCH3 is 1. The normalized spacial score (nSPS) is 10.6. The molecule has 6 nitrogen and oxygen atoms in total. The van der Waals surface area contributed by atoms with Crippen LogP contribution in [0.15, 0.2) is 42.5 Å². The molecule has 2 aromatic rings. The lowest BCUT2D eigenvalue weighted by Gasteiger charge is -2.19. The lowest BCUT2D eigenvalue weighted by Crippen LogP contribution is -2.26. The van der Waals surface area contributed by atoms with E-state index in [1.54, 1.807) is 31.3 Å². The summed E-state index contributed by atoms with van der Waals surface area (Å²) in [4.78, 5) is 25.1. The summed E-state index contributed by atoms with van der Waals surface area (Å²) < 4.78 is 34.5. The van der Waals surface area contributed by atoms with Gasteiger partial charge in [0.15, 0.2) is 11.5 Å². The van der Waals surface area contributed by atoms with Gasteiger partial charge in [-0.1, -0.05) is 24.3 Å². The molecular formula is C20H21F2NO5. The number of amides is 1. The van der Waals surface area contributed by atoms with E-state index in [2.05, 4.69) is 4.74 Å². The number of carbonyl (C=O) groups is 2. The SMILES string of the molecule is COc1ccc(CN(C)C(=O)CCc2ccccc2C(=O)O)cc1OC(F)F. The molecule has 2 rings (SSSR count). The molecule has 0 saturated heterocycles. The molecule has 0 atom stereocenters. The number of hydrogen-bond donors (Lipinski definition) is 1. The Bertz CT molecular complexity index is 841. The van der Waals surface area contributed by atoms with Crippen molar-refractivity contribution < 1.29 is 33.0 Å². The Balaban J connectivity index is 2.02. The summed E-state index contributed by atoms with van der Waals surface area (Å²) in [6.45, 7) is -2.80. The van der Waals surface area contributed by atoms with Crippen LogP contribution in [0.3, 0.4) is 0 Å². The standard InChI is InChI=1S/C20H21F2NO5/c1-23(12-13-7-9-16(27-2)17(11-13)28-20(21)22)18(24)10-8-14-5-3-4-6-15(14)19(25)26/h3-7,9,11,20H,8,10,12H2,1-2H3,(H,25,26). The molecule has 1 N–H and O–H groups in total. The molecule has 8 heteroatoms. The second-order valence-corrected chi connectivity index (χ2v) is 6.08. The predicted molar refractivity (Wildman–Crippen MR) is 97.8 cm³/mol. The first-order valence-corrected chi connectivity index (χ1v) is 8.48. The Morgan fingerprint density at radius 1 is 1.14 bits per heavy atom. The van der Waals surface area contributed by atoms with E-state index in [-0.39, 0.29) is 42.4 Å². The van der Waals surface area contributed by atoms with Gasteiger partial charge in [0.1, 0.15) is 0 Å². The molecule has 0 fully saturated rings. The first-order valence-electron chi connectivity index (χ1n) is 8.48. The highest BCUT2D eigenvalue weighted by molar-refractivity contribution is 5.89. The number of rotatable bonds is 9. The number of carboxylic acid groups (broad SMARTS) is 1. The van der Waals surface area contributed by atoms with E-state index in [0.29, 0.717) is 11.1 Å². The molecule has 0 heterocycles. The van der Waals surface area contributed by atoms with E-state index < -0.39 is 12.6 Å². The van der Waals surface area contributed by atoms with Crippen molar-refractivity contribution in [1.82, 2.24) is 4.90 Å². The van der Waals surface area contributed by atoms with Gasteiger partial charge < -0.3 is 19.5 Å². The summed E-state index contributed by atoms with van der Waals surface area (Å²) in [6.07, 6.45) is 0.408. The smallest absolute Gasteiger partial charge is 0.387 e. The summed E-state index contributed by atoms with van der Waals surface area (Å²) >= 11 is 0. The fourth-order valence-electron chi connectivity index (χ4n) is 2.75. The van der Waals surface area contributed by atoms with Gasteiger partial charge in [-0.25, -0.2) is 4.79 Å². The van der Waals surface area contributed by atoms with Crippen LogP contribution < -0.4 is 9.47 Å². The number of carbonyl (C=O) groups excluding carboxylic acids is 1. The number of nitrogens with zero attached hydrogens (tertiary/aromatic N) is 1. The molecule has 0 spiro atoms. The molecule has 0 aliphatic carbocycles. The lowest BCUT2D eigenvalue weighted by molar-refractivity contribution is -0.130. The topological polar surface area (TPSA) is 76.1 Å². The van der Waals surface area contributed by atoms with Crippen molar-refractivity contribution >= 4 is 11.9 Å². The van der Waals surface area contributed by atoms with Crippen LogP contribution in [-0.2, 0) is 17.8 Å². The van der Waals surface area contributed by atoms with Gasteiger partial charge in [-0.15, -0.1) is 0 Å². The van der Waals surface area contributed by atoms with Crippen LogP contribution in [0.4, 0.5) is 8.78 Å². The highest BCUT2D eigenvalue weighted by Gasteiger charge is 2.15. The van der Waals surface area contributed by atoms with Crippen molar-refractivity contribution in [1.29, 1.82) is 0 Å². The monoisotopic (exact) mass is 393 g/mol. The van der Waals surface area contributed by atoms with Crippen LogP contribution in [0.1, 0.15) is 27.9 Å². The van der Waals surface area contributed by atoms with E-state index in [1.165, 1.54) is 30.2 Å². The van der Waals surface area contributed by atoms with Gasteiger partial charge in [-0.05, 0) is 35.7 Å². The van der Waals surface area contributed by atoms with E-state index in [1.807, 2.05) is 0 Å². The minimum atomic E-state index is -2.99. The van der Waals surface area contributed by atoms with Crippen molar-refractivity contribution in [3.05, 3.63) is 59.2 Å². The van der Waals surface area contributed by atoms with E-state index in [4.69, 9.17) is 4.74 Å². The molecule has 2 aromatic carbocycles. The van der Waals surface area contributed by atoms with Crippen LogP contribution in [0, 0.1) is 0 Å². The molecule has 28 heavy (non-hydrogen) atoms. The first kappa shape index (κ1) is 21.1. The highest BCUT2D eigenvalue weighted by atomic mass is 19.3. The van der Waals surface area contributed by atoms with Gasteiger partial charge in [-0.2, -0.15) is 8.78 Å². The number of halogens is 2. The van der Waals surface area contributed by atoms with Gasteiger partial charge in [-0.3, -0.25) is 4.79 Å². The maximum Gasteiger partial charge on any atom is 0.387 e. The van der Waals surface area contributed by atoms with Crippen LogP contribution in [0.5, 0.6) is 11.5 Å². The van der Waals surface area contributed by atoms with Gasteiger partial charge in [0.25, 0.3) is 0 Å². The zero-order valence-electron chi connectivity index (χ0n) is 15.5. The molecular weight excluding hydrogens is 372 g/mol. The summed E-state index contributed by atoms with van der Waals surface area (Å²) in [5.74, 6) is -1.18. The zero-order chi connectivity index (χ0) is 20.7.